The van der Waals surface area contributed by atoms with Gasteiger partial charge in [0.1, 0.15) is 5.82 Å². The van der Waals surface area contributed by atoms with Crippen molar-refractivity contribution in [1.82, 2.24) is 5.32 Å². The minimum absolute atomic E-state index is 0.0986. The molecular formula is C17H19FN2O. The third kappa shape index (κ3) is 4.31. The van der Waals surface area contributed by atoms with Crippen LogP contribution in [0.1, 0.15) is 16.7 Å². The zero-order valence-corrected chi connectivity index (χ0v) is 12.2. The molecule has 110 valence electrons. The first-order chi connectivity index (χ1) is 10.1. The first-order valence-corrected chi connectivity index (χ1v) is 6.87. The third-order valence-corrected chi connectivity index (χ3v) is 3.21. The van der Waals surface area contributed by atoms with Crippen molar-refractivity contribution < 1.29 is 9.18 Å². The van der Waals surface area contributed by atoms with Crippen molar-refractivity contribution in [3.05, 3.63) is 65.0 Å². The Morgan fingerprint density at radius 3 is 2.33 bits per heavy atom. The molecule has 2 N–H and O–H groups in total. The van der Waals surface area contributed by atoms with Crippen molar-refractivity contribution in [3.8, 4) is 0 Å². The predicted molar refractivity (Wildman–Crippen MR) is 82.7 cm³/mol. The fourth-order valence-corrected chi connectivity index (χ4v) is 2.14. The first-order valence-electron chi connectivity index (χ1n) is 6.87. The van der Waals surface area contributed by atoms with Crippen LogP contribution in [0.3, 0.4) is 0 Å². The maximum atomic E-state index is 13.5. The monoisotopic (exact) mass is 286 g/mol. The average Bonchev–Trinajstić information content (AvgIpc) is 2.49. The number of amides is 1. The van der Waals surface area contributed by atoms with Gasteiger partial charge in [0.2, 0.25) is 5.91 Å². The lowest BCUT2D eigenvalue weighted by Crippen LogP contribution is -2.29. The molecule has 0 radical (unpaired) electrons. The minimum Gasteiger partial charge on any atom is -0.376 e. The Hall–Kier alpha value is -2.36. The van der Waals surface area contributed by atoms with Gasteiger partial charge in [-0.05, 0) is 42.7 Å². The van der Waals surface area contributed by atoms with Gasteiger partial charge in [0.25, 0.3) is 0 Å². The molecule has 0 spiro atoms. The Bertz CT molecular complexity index is 603. The van der Waals surface area contributed by atoms with E-state index in [0.717, 1.165) is 11.3 Å². The van der Waals surface area contributed by atoms with Crippen LogP contribution in [0.5, 0.6) is 0 Å². The van der Waals surface area contributed by atoms with Gasteiger partial charge in [-0.1, -0.05) is 30.3 Å². The van der Waals surface area contributed by atoms with E-state index in [1.807, 2.05) is 30.3 Å². The Balaban J connectivity index is 1.84. The van der Waals surface area contributed by atoms with Gasteiger partial charge >= 0.3 is 0 Å². The Morgan fingerprint density at radius 2 is 1.71 bits per heavy atom. The van der Waals surface area contributed by atoms with Crippen LogP contribution >= 0.6 is 0 Å². The topological polar surface area (TPSA) is 41.1 Å². The molecule has 0 bridgehead atoms. The van der Waals surface area contributed by atoms with Crippen molar-refractivity contribution in [1.29, 1.82) is 0 Å². The van der Waals surface area contributed by atoms with E-state index in [-0.39, 0.29) is 18.3 Å². The van der Waals surface area contributed by atoms with Crippen molar-refractivity contribution in [3.63, 3.8) is 0 Å². The van der Waals surface area contributed by atoms with E-state index in [4.69, 9.17) is 0 Å². The van der Waals surface area contributed by atoms with Gasteiger partial charge in [-0.3, -0.25) is 4.79 Å². The van der Waals surface area contributed by atoms with E-state index < -0.39 is 0 Å². The molecule has 0 heterocycles. The number of carbonyl (C=O) groups excluding carboxylic acids is 1. The van der Waals surface area contributed by atoms with Gasteiger partial charge in [-0.2, -0.15) is 0 Å². The highest BCUT2D eigenvalue weighted by molar-refractivity contribution is 5.80. The average molecular weight is 286 g/mol. The molecule has 4 heteroatoms. The second kappa shape index (κ2) is 6.88. The van der Waals surface area contributed by atoms with Crippen LogP contribution in [0, 0.1) is 19.7 Å². The molecule has 2 aromatic carbocycles. The fourth-order valence-electron chi connectivity index (χ4n) is 2.14. The van der Waals surface area contributed by atoms with Crippen molar-refractivity contribution >= 4 is 11.6 Å². The summed E-state index contributed by atoms with van der Waals surface area (Å²) in [5.41, 5.74) is 3.00. The molecule has 3 nitrogen and oxygen atoms in total. The van der Waals surface area contributed by atoms with Crippen LogP contribution < -0.4 is 10.6 Å². The molecule has 2 aromatic rings. The Kier molecular flexibility index (Phi) is 4.93. The third-order valence-electron chi connectivity index (χ3n) is 3.21. The van der Waals surface area contributed by atoms with Crippen LogP contribution in [-0.2, 0) is 11.3 Å². The number of anilines is 1. The maximum absolute atomic E-state index is 13.5. The molecule has 0 unspecified atom stereocenters. The standard InChI is InChI=1S/C17H19FN2O/c1-12-8-14(9-13(2)17(12)18)10-20-16(21)11-19-15-6-4-3-5-7-15/h3-9,19H,10-11H2,1-2H3,(H,20,21). The predicted octanol–water partition coefficient (Wildman–Crippen LogP) is 3.17. The quantitative estimate of drug-likeness (QED) is 0.886. The number of hydrogen-bond donors (Lipinski definition) is 2. The van der Waals surface area contributed by atoms with E-state index in [1.165, 1.54) is 0 Å². The normalized spacial score (nSPS) is 10.2. The first kappa shape index (κ1) is 15.0. The number of halogens is 1. The number of carbonyl (C=O) groups is 1. The molecule has 0 aliphatic rings. The van der Waals surface area contributed by atoms with Crippen molar-refractivity contribution in [2.75, 3.05) is 11.9 Å². The summed E-state index contributed by atoms with van der Waals surface area (Å²) in [7, 11) is 0. The fraction of sp³-hybridized carbons (Fsp3) is 0.235. The van der Waals surface area contributed by atoms with Gasteiger partial charge in [0, 0.05) is 12.2 Å². The van der Waals surface area contributed by atoms with E-state index in [9.17, 15) is 9.18 Å². The Morgan fingerprint density at radius 1 is 1.10 bits per heavy atom. The summed E-state index contributed by atoms with van der Waals surface area (Å²) in [6, 6.07) is 13.1. The second-order valence-electron chi connectivity index (χ2n) is 5.04. The van der Waals surface area contributed by atoms with Gasteiger partial charge in [-0.15, -0.1) is 0 Å². The summed E-state index contributed by atoms with van der Waals surface area (Å²) < 4.78 is 13.5. The SMILES string of the molecule is Cc1cc(CNC(=O)CNc2ccccc2)cc(C)c1F. The van der Waals surface area contributed by atoms with Gasteiger partial charge in [0.05, 0.1) is 6.54 Å². The lowest BCUT2D eigenvalue weighted by molar-refractivity contribution is -0.119. The minimum atomic E-state index is -0.184. The summed E-state index contributed by atoms with van der Waals surface area (Å²) >= 11 is 0. The highest BCUT2D eigenvalue weighted by Crippen LogP contribution is 2.14. The van der Waals surface area contributed by atoms with E-state index >= 15 is 0 Å². The van der Waals surface area contributed by atoms with Crippen LogP contribution in [-0.4, -0.2) is 12.5 Å². The van der Waals surface area contributed by atoms with Crippen LogP contribution in [0.2, 0.25) is 0 Å². The largest absolute Gasteiger partial charge is 0.376 e. The molecule has 0 aromatic heterocycles. The molecule has 0 atom stereocenters. The summed E-state index contributed by atoms with van der Waals surface area (Å²) in [5, 5.41) is 5.86. The molecule has 0 fully saturated rings. The van der Waals surface area contributed by atoms with Crippen molar-refractivity contribution in [2.24, 2.45) is 0 Å². The molecule has 21 heavy (non-hydrogen) atoms. The van der Waals surface area contributed by atoms with Crippen LogP contribution in [0.15, 0.2) is 42.5 Å². The lowest BCUT2D eigenvalue weighted by atomic mass is 10.1. The smallest absolute Gasteiger partial charge is 0.239 e. The Labute approximate surface area is 124 Å². The zero-order valence-electron chi connectivity index (χ0n) is 12.2. The molecular weight excluding hydrogens is 267 g/mol. The molecule has 0 saturated heterocycles. The van der Waals surface area contributed by atoms with Gasteiger partial charge in [-0.25, -0.2) is 4.39 Å². The highest BCUT2D eigenvalue weighted by atomic mass is 19.1. The number of hydrogen-bond acceptors (Lipinski definition) is 2. The van der Waals surface area contributed by atoms with E-state index in [0.29, 0.717) is 17.7 Å². The molecule has 0 aliphatic heterocycles. The highest BCUT2D eigenvalue weighted by Gasteiger charge is 2.06. The second-order valence-corrected chi connectivity index (χ2v) is 5.04. The van der Waals surface area contributed by atoms with Gasteiger partial charge in [0.15, 0.2) is 0 Å². The molecule has 0 aliphatic carbocycles. The number of aryl methyl sites for hydroxylation is 2. The van der Waals surface area contributed by atoms with E-state index in [1.54, 1.807) is 26.0 Å². The van der Waals surface area contributed by atoms with Crippen LogP contribution in [0.4, 0.5) is 10.1 Å². The zero-order chi connectivity index (χ0) is 15.2. The summed E-state index contributed by atoms with van der Waals surface area (Å²) in [4.78, 5) is 11.8. The summed E-state index contributed by atoms with van der Waals surface area (Å²) in [5.74, 6) is -0.283. The maximum Gasteiger partial charge on any atom is 0.239 e. The van der Waals surface area contributed by atoms with E-state index in [2.05, 4.69) is 10.6 Å². The number of rotatable bonds is 5. The summed E-state index contributed by atoms with van der Waals surface area (Å²) in [6.07, 6.45) is 0. The number of para-hydroxylation sites is 1. The van der Waals surface area contributed by atoms with Gasteiger partial charge < -0.3 is 10.6 Å². The molecule has 1 amide bonds. The molecule has 2 rings (SSSR count). The lowest BCUT2D eigenvalue weighted by Gasteiger charge is -2.10. The summed E-state index contributed by atoms with van der Waals surface area (Å²) in [6.45, 7) is 4.07. The number of nitrogens with one attached hydrogen (secondary N) is 2. The van der Waals surface area contributed by atoms with Crippen LogP contribution in [0.25, 0.3) is 0 Å². The molecule has 0 saturated carbocycles. The number of benzene rings is 2. The van der Waals surface area contributed by atoms with Crippen molar-refractivity contribution in [2.45, 2.75) is 20.4 Å².